The summed E-state index contributed by atoms with van der Waals surface area (Å²) in [4.78, 5) is 14.8. The summed E-state index contributed by atoms with van der Waals surface area (Å²) in [6, 6.07) is 7.25. The molecule has 0 atom stereocenters. The highest BCUT2D eigenvalue weighted by Crippen LogP contribution is 2.29. The zero-order valence-corrected chi connectivity index (χ0v) is 16.0. The molecule has 162 valence electrons. The number of hydrogen-bond acceptors (Lipinski definition) is 7. The summed E-state index contributed by atoms with van der Waals surface area (Å²) >= 11 is 0. The summed E-state index contributed by atoms with van der Waals surface area (Å²) in [5.74, 6) is 0.390. The second kappa shape index (κ2) is 9.61. The van der Waals surface area contributed by atoms with Crippen molar-refractivity contribution in [2.24, 2.45) is 5.92 Å². The van der Waals surface area contributed by atoms with E-state index in [4.69, 9.17) is 0 Å². The smallest absolute Gasteiger partial charge is 0.405 e. The van der Waals surface area contributed by atoms with Crippen molar-refractivity contribution in [1.82, 2.24) is 10.3 Å². The van der Waals surface area contributed by atoms with Crippen molar-refractivity contribution < 1.29 is 22.8 Å². The van der Waals surface area contributed by atoms with Gasteiger partial charge in [0.15, 0.2) is 0 Å². The molecule has 1 saturated heterocycles. The number of nitro groups is 1. The minimum atomic E-state index is -4.80. The second-order valence-corrected chi connectivity index (χ2v) is 6.93. The van der Waals surface area contributed by atoms with Crippen LogP contribution in [0.1, 0.15) is 18.4 Å². The zero-order chi connectivity index (χ0) is 21.6. The van der Waals surface area contributed by atoms with Crippen LogP contribution in [-0.4, -0.2) is 35.9 Å². The van der Waals surface area contributed by atoms with E-state index in [0.29, 0.717) is 24.0 Å². The molecule has 1 aromatic heterocycles. The monoisotopic (exact) mass is 425 g/mol. The molecule has 0 saturated carbocycles. The maximum absolute atomic E-state index is 12.6. The summed E-state index contributed by atoms with van der Waals surface area (Å²) in [7, 11) is 0. The fourth-order valence-corrected chi connectivity index (χ4v) is 3.23. The number of alkyl halides is 3. The predicted molar refractivity (Wildman–Crippen MR) is 105 cm³/mol. The van der Waals surface area contributed by atoms with Gasteiger partial charge in [-0.2, -0.15) is 0 Å². The molecule has 0 bridgehead atoms. The molecular formula is C19H22F3N5O3. The molecule has 1 aliphatic heterocycles. The number of aromatic nitrogens is 1. The van der Waals surface area contributed by atoms with Crippen LogP contribution in [0.5, 0.6) is 5.75 Å². The Morgan fingerprint density at radius 2 is 1.97 bits per heavy atom. The largest absolute Gasteiger partial charge is 0.573 e. The Kier molecular flexibility index (Phi) is 6.93. The topological polar surface area (TPSA) is 101 Å². The normalized spacial score (nSPS) is 14.9. The lowest BCUT2D eigenvalue weighted by Crippen LogP contribution is -2.31. The van der Waals surface area contributed by atoms with Crippen molar-refractivity contribution in [3.05, 3.63) is 52.2 Å². The maximum atomic E-state index is 12.6. The Hall–Kier alpha value is -3.08. The summed E-state index contributed by atoms with van der Waals surface area (Å²) in [6.45, 7) is 2.42. The molecule has 30 heavy (non-hydrogen) atoms. The van der Waals surface area contributed by atoms with E-state index in [-0.39, 0.29) is 23.5 Å². The minimum Gasteiger partial charge on any atom is -0.405 e. The van der Waals surface area contributed by atoms with Crippen molar-refractivity contribution in [3.63, 3.8) is 0 Å². The van der Waals surface area contributed by atoms with Gasteiger partial charge in [0.25, 0.3) is 0 Å². The van der Waals surface area contributed by atoms with Crippen LogP contribution in [0.4, 0.5) is 30.4 Å². The van der Waals surface area contributed by atoms with Crippen LogP contribution in [0, 0.1) is 16.0 Å². The number of benzene rings is 1. The van der Waals surface area contributed by atoms with Crippen LogP contribution < -0.4 is 20.7 Å². The molecule has 2 heterocycles. The van der Waals surface area contributed by atoms with Gasteiger partial charge in [0.05, 0.1) is 4.92 Å². The number of hydrogen-bond donors (Lipinski definition) is 3. The molecule has 0 unspecified atom stereocenters. The predicted octanol–water partition coefficient (Wildman–Crippen LogP) is 3.91. The van der Waals surface area contributed by atoms with E-state index in [2.05, 4.69) is 25.7 Å². The lowest BCUT2D eigenvalue weighted by molar-refractivity contribution is -0.384. The van der Waals surface area contributed by atoms with Gasteiger partial charge in [-0.25, -0.2) is 4.98 Å². The van der Waals surface area contributed by atoms with E-state index in [9.17, 15) is 23.3 Å². The lowest BCUT2D eigenvalue weighted by atomic mass is 9.98. The number of ether oxygens (including phenoxy) is 1. The lowest BCUT2D eigenvalue weighted by Gasteiger charge is -2.23. The first-order chi connectivity index (χ1) is 14.3. The highest BCUT2D eigenvalue weighted by atomic mass is 19.4. The number of rotatable bonds is 8. The van der Waals surface area contributed by atoms with E-state index >= 15 is 0 Å². The van der Waals surface area contributed by atoms with Crippen molar-refractivity contribution in [3.8, 4) is 5.75 Å². The Morgan fingerprint density at radius 1 is 1.23 bits per heavy atom. The summed E-state index contributed by atoms with van der Waals surface area (Å²) < 4.78 is 41.7. The highest BCUT2D eigenvalue weighted by Gasteiger charge is 2.32. The summed E-state index contributed by atoms with van der Waals surface area (Å²) in [6.07, 6.45) is -1.71. The number of piperidine rings is 1. The fourth-order valence-electron chi connectivity index (χ4n) is 3.23. The molecule has 0 spiro atoms. The first-order valence-electron chi connectivity index (χ1n) is 9.48. The number of anilines is 2. The third-order valence-corrected chi connectivity index (χ3v) is 4.78. The second-order valence-electron chi connectivity index (χ2n) is 6.93. The van der Waals surface area contributed by atoms with Crippen LogP contribution >= 0.6 is 0 Å². The number of nitrogens with zero attached hydrogens (tertiary/aromatic N) is 2. The molecular weight excluding hydrogens is 403 g/mol. The van der Waals surface area contributed by atoms with Crippen LogP contribution in [0.15, 0.2) is 36.5 Å². The van der Waals surface area contributed by atoms with Crippen molar-refractivity contribution in [2.45, 2.75) is 25.7 Å². The molecule has 11 heteroatoms. The molecule has 0 amide bonds. The third-order valence-electron chi connectivity index (χ3n) is 4.78. The standard InChI is InChI=1S/C19H22F3N5O3/c20-19(21,22)30-17-4-2-1-3-14(17)11-25-18-9-15(16(12-26-18)27(28)29)24-10-13-5-7-23-8-6-13/h1-4,9,12-13,23H,5-8,10-11H2,(H2,24,25,26). The van der Waals surface area contributed by atoms with E-state index < -0.39 is 11.3 Å². The summed E-state index contributed by atoms with van der Waals surface area (Å²) in [5.41, 5.74) is 0.436. The quantitative estimate of drug-likeness (QED) is 0.435. The Balaban J connectivity index is 1.70. The van der Waals surface area contributed by atoms with E-state index in [0.717, 1.165) is 32.1 Å². The third kappa shape index (κ3) is 6.21. The molecule has 1 aromatic carbocycles. The van der Waals surface area contributed by atoms with Gasteiger partial charge >= 0.3 is 12.0 Å². The molecule has 0 aliphatic carbocycles. The number of nitrogens with one attached hydrogen (secondary N) is 3. The molecule has 8 nitrogen and oxygen atoms in total. The van der Waals surface area contributed by atoms with Gasteiger partial charge in [-0.05, 0) is 37.9 Å². The van der Waals surface area contributed by atoms with Crippen LogP contribution in [-0.2, 0) is 6.54 Å². The van der Waals surface area contributed by atoms with Gasteiger partial charge < -0.3 is 20.7 Å². The first-order valence-corrected chi connectivity index (χ1v) is 9.48. The highest BCUT2D eigenvalue weighted by molar-refractivity contribution is 5.65. The average Bonchev–Trinajstić information content (AvgIpc) is 2.71. The molecule has 1 fully saturated rings. The Morgan fingerprint density at radius 3 is 2.67 bits per heavy atom. The number of para-hydroxylation sites is 1. The molecule has 2 aromatic rings. The van der Waals surface area contributed by atoms with Gasteiger partial charge in [0.1, 0.15) is 23.5 Å². The van der Waals surface area contributed by atoms with Crippen LogP contribution in [0.2, 0.25) is 0 Å². The van der Waals surface area contributed by atoms with Crippen LogP contribution in [0.25, 0.3) is 0 Å². The molecule has 1 aliphatic rings. The van der Waals surface area contributed by atoms with Gasteiger partial charge in [-0.3, -0.25) is 10.1 Å². The summed E-state index contributed by atoms with van der Waals surface area (Å²) in [5, 5.41) is 20.6. The fraction of sp³-hybridized carbons (Fsp3) is 0.421. The molecule has 0 radical (unpaired) electrons. The first kappa shape index (κ1) is 21.6. The Labute approximate surface area is 171 Å². The van der Waals surface area contributed by atoms with E-state index in [1.807, 2.05) is 0 Å². The zero-order valence-electron chi connectivity index (χ0n) is 16.0. The van der Waals surface area contributed by atoms with Crippen molar-refractivity contribution in [1.29, 1.82) is 0 Å². The molecule has 3 N–H and O–H groups in total. The SMILES string of the molecule is O=[N+]([O-])c1cnc(NCc2ccccc2OC(F)(F)F)cc1NCC1CCNCC1. The van der Waals surface area contributed by atoms with Gasteiger partial charge in [0, 0.05) is 24.7 Å². The van der Waals surface area contributed by atoms with Gasteiger partial charge in [-0.15, -0.1) is 13.2 Å². The maximum Gasteiger partial charge on any atom is 0.573 e. The van der Waals surface area contributed by atoms with Crippen molar-refractivity contribution in [2.75, 3.05) is 30.3 Å². The number of halogens is 3. The minimum absolute atomic E-state index is 0.00476. The van der Waals surface area contributed by atoms with E-state index in [1.54, 1.807) is 6.07 Å². The molecule has 3 rings (SSSR count). The van der Waals surface area contributed by atoms with Gasteiger partial charge in [0.2, 0.25) is 0 Å². The Bertz CT molecular complexity index is 873. The average molecular weight is 425 g/mol. The van der Waals surface area contributed by atoms with E-state index in [1.165, 1.54) is 24.3 Å². The number of pyridine rings is 1. The van der Waals surface area contributed by atoms with Gasteiger partial charge in [-0.1, -0.05) is 18.2 Å². The van der Waals surface area contributed by atoms with Crippen LogP contribution in [0.3, 0.4) is 0 Å². The van der Waals surface area contributed by atoms with Crippen molar-refractivity contribution >= 4 is 17.2 Å².